The van der Waals surface area contributed by atoms with E-state index in [-0.39, 0.29) is 23.9 Å². The first-order chi connectivity index (χ1) is 15.0. The normalized spacial score (nSPS) is 12.8. The summed E-state index contributed by atoms with van der Waals surface area (Å²) in [5.74, 6) is 0.389. The average molecular weight is 424 g/mol. The minimum atomic E-state index is -0.541. The number of hydrogen-bond acceptors (Lipinski definition) is 6. The van der Waals surface area contributed by atoms with Crippen molar-refractivity contribution >= 4 is 23.2 Å². The third-order valence-corrected chi connectivity index (χ3v) is 4.88. The molecule has 0 radical (unpaired) electrons. The van der Waals surface area contributed by atoms with Gasteiger partial charge in [-0.15, -0.1) is 5.10 Å². The van der Waals surface area contributed by atoms with E-state index in [9.17, 15) is 14.0 Å². The van der Waals surface area contributed by atoms with Crippen molar-refractivity contribution in [1.29, 1.82) is 0 Å². The van der Waals surface area contributed by atoms with Crippen molar-refractivity contribution in [3.05, 3.63) is 53.6 Å². The highest BCUT2D eigenvalue weighted by molar-refractivity contribution is 5.94. The van der Waals surface area contributed by atoms with Crippen molar-refractivity contribution in [3.8, 4) is 11.4 Å². The third kappa shape index (κ3) is 4.85. The SMILES string of the molecule is Cc1nnnn1-c1ccc(F)c(NC(=O)CCCOc2ccc3c(c2)CCC(=O)N3)c1. The molecule has 1 aliphatic heterocycles. The number of anilines is 2. The van der Waals surface area contributed by atoms with Crippen LogP contribution in [-0.4, -0.2) is 38.6 Å². The zero-order valence-corrected chi connectivity index (χ0v) is 16.9. The zero-order chi connectivity index (χ0) is 21.8. The summed E-state index contributed by atoms with van der Waals surface area (Å²) in [6.07, 6.45) is 1.78. The molecule has 160 valence electrons. The summed E-state index contributed by atoms with van der Waals surface area (Å²) in [4.78, 5) is 23.7. The van der Waals surface area contributed by atoms with Crippen LogP contribution in [0.4, 0.5) is 15.8 Å². The summed E-state index contributed by atoms with van der Waals surface area (Å²) in [6, 6.07) is 9.78. The van der Waals surface area contributed by atoms with Gasteiger partial charge in [0.25, 0.3) is 0 Å². The fourth-order valence-corrected chi connectivity index (χ4v) is 3.30. The van der Waals surface area contributed by atoms with Crippen molar-refractivity contribution in [2.45, 2.75) is 32.6 Å². The van der Waals surface area contributed by atoms with E-state index in [1.807, 2.05) is 12.1 Å². The van der Waals surface area contributed by atoms with Crippen LogP contribution in [0.3, 0.4) is 0 Å². The second-order valence-corrected chi connectivity index (χ2v) is 7.17. The Morgan fingerprint density at radius 2 is 2.13 bits per heavy atom. The van der Waals surface area contributed by atoms with Crippen LogP contribution in [0.25, 0.3) is 5.69 Å². The molecule has 1 aliphatic rings. The molecule has 0 fully saturated rings. The molecule has 2 N–H and O–H groups in total. The van der Waals surface area contributed by atoms with Gasteiger partial charge in [0.15, 0.2) is 5.82 Å². The maximum absolute atomic E-state index is 14.1. The number of carbonyl (C=O) groups is 2. The average Bonchev–Trinajstić information content (AvgIpc) is 3.18. The Hall–Kier alpha value is -3.82. The van der Waals surface area contributed by atoms with Crippen LogP contribution >= 0.6 is 0 Å². The first kappa shape index (κ1) is 20.5. The van der Waals surface area contributed by atoms with Crippen LogP contribution in [0.1, 0.15) is 30.7 Å². The molecule has 1 aromatic heterocycles. The number of nitrogens with zero attached hydrogens (tertiary/aromatic N) is 4. The van der Waals surface area contributed by atoms with Crippen LogP contribution in [0.5, 0.6) is 5.75 Å². The number of ether oxygens (including phenoxy) is 1. The number of tetrazole rings is 1. The summed E-state index contributed by atoms with van der Waals surface area (Å²) in [7, 11) is 0. The monoisotopic (exact) mass is 424 g/mol. The highest BCUT2D eigenvalue weighted by Crippen LogP contribution is 2.27. The first-order valence-corrected chi connectivity index (χ1v) is 9.90. The molecule has 4 rings (SSSR count). The molecular formula is C21H21FN6O3. The molecule has 10 heteroatoms. The zero-order valence-electron chi connectivity index (χ0n) is 16.9. The molecule has 0 saturated carbocycles. The second kappa shape index (κ2) is 8.90. The lowest BCUT2D eigenvalue weighted by molar-refractivity contribution is -0.117. The molecule has 31 heavy (non-hydrogen) atoms. The molecular weight excluding hydrogens is 403 g/mol. The first-order valence-electron chi connectivity index (χ1n) is 9.90. The van der Waals surface area contributed by atoms with Crippen molar-refractivity contribution in [1.82, 2.24) is 20.2 Å². The number of aromatic nitrogens is 4. The third-order valence-electron chi connectivity index (χ3n) is 4.88. The molecule has 2 aromatic carbocycles. The Bertz CT molecular complexity index is 1130. The van der Waals surface area contributed by atoms with E-state index in [1.165, 1.54) is 22.9 Å². The Morgan fingerprint density at radius 1 is 1.26 bits per heavy atom. The molecule has 0 unspecified atom stereocenters. The number of amides is 2. The van der Waals surface area contributed by atoms with E-state index >= 15 is 0 Å². The molecule has 2 heterocycles. The summed E-state index contributed by atoms with van der Waals surface area (Å²) < 4.78 is 21.3. The topological polar surface area (TPSA) is 111 Å². The van der Waals surface area contributed by atoms with Crippen molar-refractivity contribution in [3.63, 3.8) is 0 Å². The summed E-state index contributed by atoms with van der Waals surface area (Å²) in [6.45, 7) is 2.06. The van der Waals surface area contributed by atoms with Gasteiger partial charge in [-0.2, -0.15) is 4.68 Å². The smallest absolute Gasteiger partial charge is 0.224 e. The number of rotatable bonds is 7. The molecule has 0 saturated heterocycles. The number of nitrogens with one attached hydrogen (secondary N) is 2. The van der Waals surface area contributed by atoms with Gasteiger partial charge in [-0.25, -0.2) is 4.39 Å². The Labute approximate surface area is 177 Å². The van der Waals surface area contributed by atoms with E-state index < -0.39 is 5.82 Å². The summed E-state index contributed by atoms with van der Waals surface area (Å²) in [5, 5.41) is 16.6. The molecule has 3 aromatic rings. The molecule has 2 amide bonds. The van der Waals surface area contributed by atoms with Crippen LogP contribution in [0.15, 0.2) is 36.4 Å². The van der Waals surface area contributed by atoms with Gasteiger partial charge in [0.1, 0.15) is 11.6 Å². The van der Waals surface area contributed by atoms with Gasteiger partial charge >= 0.3 is 0 Å². The predicted octanol–water partition coefficient (Wildman–Crippen LogP) is 2.79. The summed E-state index contributed by atoms with van der Waals surface area (Å²) in [5.41, 5.74) is 2.45. The number of carbonyl (C=O) groups excluding carboxylic acids is 2. The number of aryl methyl sites for hydroxylation is 2. The maximum Gasteiger partial charge on any atom is 0.224 e. The van der Waals surface area contributed by atoms with E-state index in [0.29, 0.717) is 43.1 Å². The number of fused-ring (bicyclic) bond motifs is 1. The number of benzene rings is 2. The maximum atomic E-state index is 14.1. The molecule has 0 bridgehead atoms. The van der Waals surface area contributed by atoms with E-state index in [1.54, 1.807) is 13.0 Å². The van der Waals surface area contributed by atoms with Crippen LogP contribution in [0.2, 0.25) is 0 Å². The lowest BCUT2D eigenvalue weighted by Gasteiger charge is -2.17. The fraction of sp³-hybridized carbons (Fsp3) is 0.286. The lowest BCUT2D eigenvalue weighted by atomic mass is 10.0. The van der Waals surface area contributed by atoms with Crippen molar-refractivity contribution in [2.75, 3.05) is 17.2 Å². The van der Waals surface area contributed by atoms with Gasteiger partial charge in [-0.1, -0.05) is 0 Å². The van der Waals surface area contributed by atoms with Gasteiger partial charge < -0.3 is 15.4 Å². The van der Waals surface area contributed by atoms with Gasteiger partial charge in [-0.3, -0.25) is 9.59 Å². The van der Waals surface area contributed by atoms with Crippen molar-refractivity contribution in [2.24, 2.45) is 0 Å². The van der Waals surface area contributed by atoms with Gasteiger partial charge in [0, 0.05) is 18.5 Å². The summed E-state index contributed by atoms with van der Waals surface area (Å²) >= 11 is 0. The van der Waals surface area contributed by atoms with E-state index in [2.05, 4.69) is 26.2 Å². The Kier molecular flexibility index (Phi) is 5.87. The quantitative estimate of drug-likeness (QED) is 0.564. The Morgan fingerprint density at radius 3 is 2.94 bits per heavy atom. The number of hydrogen-bond donors (Lipinski definition) is 2. The van der Waals surface area contributed by atoms with Gasteiger partial charge in [0.05, 0.1) is 18.0 Å². The van der Waals surface area contributed by atoms with E-state index in [4.69, 9.17) is 4.74 Å². The second-order valence-electron chi connectivity index (χ2n) is 7.17. The van der Waals surface area contributed by atoms with Gasteiger partial charge in [0.2, 0.25) is 11.8 Å². The standard InChI is InChI=1S/C21H21FN6O3/c1-13-25-26-27-28(13)15-5-7-17(22)19(12-15)24-20(29)3-2-10-31-16-6-8-18-14(11-16)4-9-21(30)23-18/h5-8,11-12H,2-4,9-10H2,1H3,(H,23,30)(H,24,29). The van der Waals surface area contributed by atoms with Crippen LogP contribution in [0, 0.1) is 12.7 Å². The number of halogens is 1. The van der Waals surface area contributed by atoms with Crippen LogP contribution < -0.4 is 15.4 Å². The minimum Gasteiger partial charge on any atom is -0.494 e. The lowest BCUT2D eigenvalue weighted by Crippen LogP contribution is -2.18. The molecule has 0 aliphatic carbocycles. The predicted molar refractivity (Wildman–Crippen MR) is 111 cm³/mol. The largest absolute Gasteiger partial charge is 0.494 e. The molecule has 0 spiro atoms. The van der Waals surface area contributed by atoms with Crippen LogP contribution in [-0.2, 0) is 16.0 Å². The van der Waals surface area contributed by atoms with E-state index in [0.717, 1.165) is 11.3 Å². The van der Waals surface area contributed by atoms with Gasteiger partial charge in [-0.05, 0) is 72.2 Å². The minimum absolute atomic E-state index is 0.0160. The van der Waals surface area contributed by atoms with Crippen molar-refractivity contribution < 1.29 is 18.7 Å². The molecule has 0 atom stereocenters. The fourth-order valence-electron chi connectivity index (χ4n) is 3.30. The molecule has 9 nitrogen and oxygen atoms in total. The Balaban J connectivity index is 1.28. The highest BCUT2D eigenvalue weighted by Gasteiger charge is 2.15. The highest BCUT2D eigenvalue weighted by atomic mass is 19.1.